The lowest BCUT2D eigenvalue weighted by molar-refractivity contribution is -0.385. The number of carbonyl (C=O) groups is 1. The smallest absolute Gasteiger partial charge is 0.309 e. The van der Waals surface area contributed by atoms with E-state index in [0.29, 0.717) is 5.69 Å². The van der Waals surface area contributed by atoms with Crippen LogP contribution in [0.1, 0.15) is 36.6 Å². The minimum Gasteiger partial charge on any atom is -0.508 e. The van der Waals surface area contributed by atoms with Gasteiger partial charge in [-0.1, -0.05) is 13.8 Å². The largest absolute Gasteiger partial charge is 0.508 e. The number of phenols is 1. The van der Waals surface area contributed by atoms with Crippen LogP contribution < -0.4 is 5.32 Å². The van der Waals surface area contributed by atoms with Crippen LogP contribution >= 0.6 is 0 Å². The molecule has 8 heteroatoms. The highest BCUT2D eigenvalue weighted by atomic mass is 16.6. The monoisotopic (exact) mass is 332 g/mol. The zero-order valence-corrected chi connectivity index (χ0v) is 14.0. The van der Waals surface area contributed by atoms with Crippen molar-refractivity contribution in [3.63, 3.8) is 0 Å². The molecule has 1 aromatic heterocycles. The predicted octanol–water partition coefficient (Wildman–Crippen LogP) is 2.88. The average Bonchev–Trinajstić information content (AvgIpc) is 2.82. The van der Waals surface area contributed by atoms with Gasteiger partial charge in [0.2, 0.25) is 5.91 Å². The molecular formula is C16H20N4O4. The normalized spacial score (nSPS) is 10.9. The Morgan fingerprint density at radius 3 is 2.62 bits per heavy atom. The third-order valence-corrected chi connectivity index (χ3v) is 3.69. The van der Waals surface area contributed by atoms with E-state index in [4.69, 9.17) is 0 Å². The highest BCUT2D eigenvalue weighted by molar-refractivity contribution is 5.91. The van der Waals surface area contributed by atoms with Crippen molar-refractivity contribution < 1.29 is 14.8 Å². The van der Waals surface area contributed by atoms with Crippen LogP contribution in [-0.2, 0) is 11.3 Å². The second-order valence-electron chi connectivity index (χ2n) is 5.98. The lowest BCUT2D eigenvalue weighted by Crippen LogP contribution is -2.19. The summed E-state index contributed by atoms with van der Waals surface area (Å²) in [6, 6.07) is 3.35. The molecule has 0 spiro atoms. The molecule has 128 valence electrons. The Hall–Kier alpha value is -2.90. The number of aromatic nitrogens is 2. The molecule has 0 aliphatic heterocycles. The number of nitrogens with one attached hydrogen (secondary N) is 1. The number of nitro groups is 1. The number of rotatable bonds is 5. The molecule has 0 saturated heterocycles. The Balaban J connectivity index is 2.17. The SMILES string of the molecule is Cc1cc(O)c(C(C)C)cc1NC(=O)Cn1cc([N+](=O)[O-])c(C)n1. The number of anilines is 1. The fourth-order valence-corrected chi connectivity index (χ4v) is 2.41. The second kappa shape index (κ2) is 6.69. The standard InChI is InChI=1S/C16H20N4O4/c1-9(2)12-6-13(10(3)5-15(12)21)17-16(22)8-19-7-14(20(23)24)11(4)18-19/h5-7,9,21H,8H2,1-4H3,(H,17,22). The van der Waals surface area contributed by atoms with Gasteiger partial charge in [-0.2, -0.15) is 5.10 Å². The molecule has 24 heavy (non-hydrogen) atoms. The van der Waals surface area contributed by atoms with E-state index in [1.807, 2.05) is 13.8 Å². The van der Waals surface area contributed by atoms with E-state index in [1.54, 1.807) is 19.1 Å². The van der Waals surface area contributed by atoms with Crippen LogP contribution in [0.15, 0.2) is 18.3 Å². The van der Waals surface area contributed by atoms with E-state index < -0.39 is 4.92 Å². The quantitative estimate of drug-likeness (QED) is 0.497. The molecule has 0 unspecified atom stereocenters. The van der Waals surface area contributed by atoms with Crippen LogP contribution in [0.4, 0.5) is 11.4 Å². The van der Waals surface area contributed by atoms with Gasteiger partial charge in [0.15, 0.2) is 0 Å². The zero-order chi connectivity index (χ0) is 18.0. The summed E-state index contributed by atoms with van der Waals surface area (Å²) >= 11 is 0. The van der Waals surface area contributed by atoms with Crippen molar-refractivity contribution in [2.75, 3.05) is 5.32 Å². The fourth-order valence-electron chi connectivity index (χ4n) is 2.41. The van der Waals surface area contributed by atoms with Gasteiger partial charge >= 0.3 is 5.69 Å². The summed E-state index contributed by atoms with van der Waals surface area (Å²) in [5.41, 5.74) is 2.20. The first-order chi connectivity index (χ1) is 11.2. The maximum absolute atomic E-state index is 12.2. The van der Waals surface area contributed by atoms with Crippen molar-refractivity contribution in [2.24, 2.45) is 0 Å². The molecule has 1 aromatic carbocycles. The number of hydrogen-bond acceptors (Lipinski definition) is 5. The molecule has 0 aliphatic carbocycles. The molecule has 2 N–H and O–H groups in total. The van der Waals surface area contributed by atoms with Crippen LogP contribution in [-0.4, -0.2) is 25.7 Å². The van der Waals surface area contributed by atoms with Crippen molar-refractivity contribution in [3.05, 3.63) is 45.3 Å². The Morgan fingerprint density at radius 2 is 2.08 bits per heavy atom. The summed E-state index contributed by atoms with van der Waals surface area (Å²) in [6.07, 6.45) is 1.23. The van der Waals surface area contributed by atoms with Crippen molar-refractivity contribution in [3.8, 4) is 5.75 Å². The highest BCUT2D eigenvalue weighted by Crippen LogP contribution is 2.31. The van der Waals surface area contributed by atoms with Crippen LogP contribution in [0.5, 0.6) is 5.75 Å². The average molecular weight is 332 g/mol. The van der Waals surface area contributed by atoms with Crippen LogP contribution in [0.3, 0.4) is 0 Å². The Labute approximate surface area is 139 Å². The molecule has 8 nitrogen and oxygen atoms in total. The van der Waals surface area contributed by atoms with E-state index >= 15 is 0 Å². The molecule has 1 amide bonds. The number of aryl methyl sites for hydroxylation is 2. The van der Waals surface area contributed by atoms with Crippen molar-refractivity contribution >= 4 is 17.3 Å². The minimum atomic E-state index is -0.532. The van der Waals surface area contributed by atoms with E-state index in [0.717, 1.165) is 11.1 Å². The molecule has 0 bridgehead atoms. The lowest BCUT2D eigenvalue weighted by atomic mass is 9.99. The number of carbonyl (C=O) groups excluding carboxylic acids is 1. The number of phenolic OH excluding ortho intramolecular Hbond substituents is 1. The van der Waals surface area contributed by atoms with Gasteiger partial charge in [0.05, 0.1) is 4.92 Å². The minimum absolute atomic E-state index is 0.109. The molecule has 0 aliphatic rings. The molecular weight excluding hydrogens is 312 g/mol. The van der Waals surface area contributed by atoms with Gasteiger partial charge in [-0.15, -0.1) is 0 Å². The summed E-state index contributed by atoms with van der Waals surface area (Å²) in [6.45, 7) is 7.06. The molecule has 0 fully saturated rings. The van der Waals surface area contributed by atoms with Crippen molar-refractivity contribution in [2.45, 2.75) is 40.2 Å². The summed E-state index contributed by atoms with van der Waals surface area (Å²) in [5, 5.41) is 27.5. The summed E-state index contributed by atoms with van der Waals surface area (Å²) < 4.78 is 1.24. The van der Waals surface area contributed by atoms with Crippen molar-refractivity contribution in [1.82, 2.24) is 9.78 Å². The zero-order valence-electron chi connectivity index (χ0n) is 14.0. The molecule has 2 aromatic rings. The molecule has 1 heterocycles. The predicted molar refractivity (Wildman–Crippen MR) is 89.2 cm³/mol. The maximum atomic E-state index is 12.2. The van der Waals surface area contributed by atoms with Crippen molar-refractivity contribution in [1.29, 1.82) is 0 Å². The third-order valence-electron chi connectivity index (χ3n) is 3.69. The molecule has 0 radical (unpaired) electrons. The van der Waals surface area contributed by atoms with Gasteiger partial charge in [-0.25, -0.2) is 0 Å². The van der Waals surface area contributed by atoms with Gasteiger partial charge in [-0.3, -0.25) is 19.6 Å². The third kappa shape index (κ3) is 3.70. The number of benzene rings is 1. The van der Waals surface area contributed by atoms with Gasteiger partial charge in [0, 0.05) is 5.69 Å². The highest BCUT2D eigenvalue weighted by Gasteiger charge is 2.17. The number of aromatic hydroxyl groups is 1. The second-order valence-corrected chi connectivity index (χ2v) is 5.98. The van der Waals surface area contributed by atoms with E-state index in [1.165, 1.54) is 17.8 Å². The Morgan fingerprint density at radius 1 is 1.42 bits per heavy atom. The maximum Gasteiger partial charge on any atom is 0.309 e. The Kier molecular flexibility index (Phi) is 4.87. The fraction of sp³-hybridized carbons (Fsp3) is 0.375. The van der Waals surface area contributed by atoms with E-state index in [9.17, 15) is 20.0 Å². The first-order valence-electron chi connectivity index (χ1n) is 7.50. The van der Waals surface area contributed by atoms with Gasteiger partial charge in [-0.05, 0) is 43.0 Å². The lowest BCUT2D eigenvalue weighted by Gasteiger charge is -2.14. The summed E-state index contributed by atoms with van der Waals surface area (Å²) in [7, 11) is 0. The first kappa shape index (κ1) is 17.5. The van der Waals surface area contributed by atoms with Gasteiger partial charge < -0.3 is 10.4 Å². The molecule has 0 saturated carbocycles. The summed E-state index contributed by atoms with van der Waals surface area (Å²) in [5.74, 6) is -0.0487. The van der Waals surface area contributed by atoms with Crippen LogP contribution in [0, 0.1) is 24.0 Å². The number of amides is 1. The Bertz CT molecular complexity index is 796. The molecule has 2 rings (SSSR count). The van der Waals surface area contributed by atoms with Crippen LogP contribution in [0.2, 0.25) is 0 Å². The summed E-state index contributed by atoms with van der Waals surface area (Å²) in [4.78, 5) is 22.5. The van der Waals surface area contributed by atoms with Gasteiger partial charge in [0.25, 0.3) is 0 Å². The number of nitrogens with zero attached hydrogens (tertiary/aromatic N) is 3. The topological polar surface area (TPSA) is 110 Å². The molecule has 0 atom stereocenters. The van der Waals surface area contributed by atoms with Gasteiger partial charge in [0.1, 0.15) is 24.2 Å². The van der Waals surface area contributed by atoms with E-state index in [-0.39, 0.29) is 35.5 Å². The van der Waals surface area contributed by atoms with E-state index in [2.05, 4.69) is 10.4 Å². The first-order valence-corrected chi connectivity index (χ1v) is 7.50. The van der Waals surface area contributed by atoms with Crippen LogP contribution in [0.25, 0.3) is 0 Å². The number of hydrogen-bond donors (Lipinski definition) is 2.